The molecule has 4 aliphatic heterocycles. The first kappa shape index (κ1) is 58.1. The predicted molar refractivity (Wildman–Crippen MR) is 257 cm³/mol. The van der Waals surface area contributed by atoms with E-state index < -0.39 is 153 Å². The van der Waals surface area contributed by atoms with Gasteiger partial charge in [0.15, 0.2) is 25.2 Å². The number of aliphatic hydroxyl groups excluding tert-OH is 12. The average Bonchev–Trinajstić information content (AvgIpc) is 3.36. The summed E-state index contributed by atoms with van der Waals surface area (Å²) in [5, 5.41) is 140. The van der Waals surface area contributed by atoms with E-state index in [1.165, 1.54) is 12.5 Å². The van der Waals surface area contributed by atoms with Crippen LogP contribution in [0.3, 0.4) is 0 Å². The quantitative estimate of drug-likeness (QED) is 0.0838. The first-order valence-corrected chi connectivity index (χ1v) is 27.3. The van der Waals surface area contributed by atoms with Crippen LogP contribution < -0.4 is 0 Å². The van der Waals surface area contributed by atoms with Gasteiger partial charge in [0.2, 0.25) is 0 Å². The van der Waals surface area contributed by atoms with Gasteiger partial charge in [-0.1, -0.05) is 53.2 Å². The summed E-state index contributed by atoms with van der Waals surface area (Å²) in [4.78, 5) is 13.1. The van der Waals surface area contributed by atoms with Gasteiger partial charge in [0.25, 0.3) is 0 Å². The molecule has 0 aromatic rings. The first-order valence-electron chi connectivity index (χ1n) is 27.3. The van der Waals surface area contributed by atoms with E-state index in [1.54, 1.807) is 0 Å². The lowest BCUT2D eigenvalue weighted by molar-refractivity contribution is -0.374. The molecule has 8 fully saturated rings. The fourth-order valence-corrected chi connectivity index (χ4v) is 16.2. The zero-order valence-electron chi connectivity index (χ0n) is 44.2. The Balaban J connectivity index is 0.810. The van der Waals surface area contributed by atoms with E-state index in [9.17, 15) is 71.2 Å². The van der Waals surface area contributed by atoms with Gasteiger partial charge in [0, 0.05) is 5.41 Å². The molecule has 9 rings (SSSR count). The van der Waals surface area contributed by atoms with Gasteiger partial charge in [-0.3, -0.25) is 4.79 Å². The number of carboxylic acids is 1. The highest BCUT2D eigenvalue weighted by atomic mass is 16.8. The molecule has 4 heterocycles. The maximum atomic E-state index is 13.1. The Labute approximate surface area is 437 Å². The molecular weight excluding hydrogens is 989 g/mol. The largest absolute Gasteiger partial charge is 0.481 e. The molecule has 0 aromatic carbocycles. The lowest BCUT2D eigenvalue weighted by atomic mass is 9.33. The lowest BCUT2D eigenvalue weighted by Crippen LogP contribution is -2.67. The summed E-state index contributed by atoms with van der Waals surface area (Å²) < 4.78 is 46.8. The smallest absolute Gasteiger partial charge is 0.310 e. The van der Waals surface area contributed by atoms with Crippen LogP contribution in [0.1, 0.15) is 113 Å². The van der Waals surface area contributed by atoms with Gasteiger partial charge < -0.3 is 104 Å². The third-order valence-electron chi connectivity index (χ3n) is 21.2. The van der Waals surface area contributed by atoms with Crippen molar-refractivity contribution in [2.24, 2.45) is 50.2 Å². The van der Waals surface area contributed by atoms with Crippen LogP contribution in [0, 0.1) is 50.2 Å². The van der Waals surface area contributed by atoms with Crippen LogP contribution in [0.5, 0.6) is 0 Å². The summed E-state index contributed by atoms with van der Waals surface area (Å²) in [6, 6.07) is 0. The molecule has 0 amide bonds. The number of carbonyl (C=O) groups is 1. The number of allylic oxidation sites excluding steroid dienone is 2. The summed E-state index contributed by atoms with van der Waals surface area (Å²) in [6.07, 6.45) is -20.9. The van der Waals surface area contributed by atoms with Crippen molar-refractivity contribution in [1.82, 2.24) is 0 Å². The van der Waals surface area contributed by atoms with E-state index in [0.717, 1.165) is 44.9 Å². The maximum Gasteiger partial charge on any atom is 0.310 e. The third kappa shape index (κ3) is 9.50. The van der Waals surface area contributed by atoms with E-state index in [1.807, 2.05) is 6.92 Å². The van der Waals surface area contributed by atoms with E-state index >= 15 is 0 Å². The third-order valence-corrected chi connectivity index (χ3v) is 21.2. The molecule has 9 aliphatic rings. The molecule has 22 nitrogen and oxygen atoms in total. The number of carboxylic acid groups (broad SMARTS) is 1. The second-order valence-corrected chi connectivity index (χ2v) is 25.7. The maximum absolute atomic E-state index is 13.1. The molecule has 13 N–H and O–H groups in total. The number of hydrogen-bond acceptors (Lipinski definition) is 21. The minimum atomic E-state index is -1.90. The fourth-order valence-electron chi connectivity index (χ4n) is 16.2. The number of hydrogen-bond donors (Lipinski definition) is 13. The van der Waals surface area contributed by atoms with Gasteiger partial charge in [-0.25, -0.2) is 0 Å². The number of aliphatic carboxylic acids is 1. The Bertz CT molecular complexity index is 2060. The highest BCUT2D eigenvalue weighted by molar-refractivity contribution is 5.76. The molecule has 28 atom stereocenters. The Morgan fingerprint density at radius 3 is 1.92 bits per heavy atom. The second kappa shape index (κ2) is 21.1. The molecule has 0 spiro atoms. The Morgan fingerprint density at radius 2 is 1.25 bits per heavy atom. The SMILES string of the molecule is CC1OC(OC2COC(OC3CCC4(C)C(CCC5(C)C4CC=C4C6CC(C)(C)CCC6(C(=O)O)CCC45C)C3(C)CO)C(O)C2O)C(O)C(O)C1OC1OC(COC2OC(CO)C(O)C(O)C2O)C(O)C(O)C1O. The number of rotatable bonds is 12. The van der Waals surface area contributed by atoms with Crippen LogP contribution in [-0.2, 0) is 42.7 Å². The molecule has 4 saturated heterocycles. The highest BCUT2D eigenvalue weighted by Gasteiger charge is 2.70. The van der Waals surface area contributed by atoms with Crippen LogP contribution in [0.2, 0.25) is 0 Å². The van der Waals surface area contributed by atoms with Crippen molar-refractivity contribution in [3.05, 3.63) is 11.6 Å². The van der Waals surface area contributed by atoms with Gasteiger partial charge in [-0.15, -0.1) is 0 Å². The van der Waals surface area contributed by atoms with Crippen molar-refractivity contribution in [2.45, 2.75) is 235 Å². The Hall–Kier alpha value is -1.59. The highest BCUT2D eigenvalue weighted by Crippen LogP contribution is 2.76. The van der Waals surface area contributed by atoms with Crippen LogP contribution in [0.4, 0.5) is 0 Å². The van der Waals surface area contributed by atoms with Crippen LogP contribution in [0.25, 0.3) is 0 Å². The number of ether oxygens (including phenoxy) is 8. The van der Waals surface area contributed by atoms with Crippen molar-refractivity contribution < 1.29 is 109 Å². The number of fused-ring (bicyclic) bond motifs is 7. The summed E-state index contributed by atoms with van der Waals surface area (Å²) in [7, 11) is 0. The van der Waals surface area contributed by atoms with E-state index in [0.29, 0.717) is 19.3 Å². The zero-order valence-corrected chi connectivity index (χ0v) is 44.2. The molecule has 22 heteroatoms. The molecule has 5 aliphatic carbocycles. The summed E-state index contributed by atoms with van der Waals surface area (Å²) >= 11 is 0. The van der Waals surface area contributed by atoms with Crippen molar-refractivity contribution in [3.63, 3.8) is 0 Å². The molecule has 0 aromatic heterocycles. The van der Waals surface area contributed by atoms with Crippen LogP contribution in [0.15, 0.2) is 11.6 Å². The molecule has 0 radical (unpaired) electrons. The molecule has 75 heavy (non-hydrogen) atoms. The molecule has 430 valence electrons. The van der Waals surface area contributed by atoms with E-state index in [-0.39, 0.29) is 52.6 Å². The van der Waals surface area contributed by atoms with E-state index in [4.69, 9.17) is 37.9 Å². The van der Waals surface area contributed by atoms with E-state index in [2.05, 4.69) is 40.7 Å². The lowest BCUT2D eigenvalue weighted by Gasteiger charge is -2.71. The summed E-state index contributed by atoms with van der Waals surface area (Å²) in [5.41, 5.74) is -0.590. The van der Waals surface area contributed by atoms with Crippen molar-refractivity contribution in [1.29, 1.82) is 0 Å². The van der Waals surface area contributed by atoms with Gasteiger partial charge >= 0.3 is 5.97 Å². The molecule has 4 saturated carbocycles. The fraction of sp³-hybridized carbons (Fsp3) is 0.943. The topological polar surface area (TPSA) is 354 Å². The monoisotopic (exact) mass is 1070 g/mol. The van der Waals surface area contributed by atoms with Gasteiger partial charge in [0.05, 0.1) is 44.1 Å². The summed E-state index contributed by atoms with van der Waals surface area (Å²) in [5.74, 6) is -0.382. The normalized spacial score (nSPS) is 54.9. The van der Waals surface area contributed by atoms with Gasteiger partial charge in [-0.05, 0) is 111 Å². The Morgan fingerprint density at radius 1 is 0.640 bits per heavy atom. The van der Waals surface area contributed by atoms with Crippen molar-refractivity contribution >= 4 is 5.97 Å². The van der Waals surface area contributed by atoms with Crippen LogP contribution >= 0.6 is 0 Å². The first-order chi connectivity index (χ1) is 35.1. The minimum Gasteiger partial charge on any atom is -0.481 e. The van der Waals surface area contributed by atoms with Crippen LogP contribution in [-0.4, -0.2) is 222 Å². The molecule has 0 bridgehead atoms. The van der Waals surface area contributed by atoms with Gasteiger partial charge in [-0.2, -0.15) is 0 Å². The zero-order chi connectivity index (χ0) is 54.7. The standard InChI is InChI=1S/C53H86O22/c1-23-42(75-46-40(64)36(60)33(57)27(73-46)20-68-43-39(63)35(59)32(56)26(19-54)71-43)37(61)41(65)45(70-23)72-28-21-69-44(38(62)34(28)58)74-31-11-12-49(4)29(50(31,5)22-55)10-13-52(7)30(49)9-8-24-25-18-48(2,3)14-16-53(25,47(66)67)17-15-51(24,52)6/h8,23,25-46,54-65H,9-22H2,1-7H3,(H,66,67). The number of aliphatic hydroxyl groups is 12. The minimum absolute atomic E-state index is 0.00676. The molecular formula is C53H86O22. The Kier molecular flexibility index (Phi) is 16.3. The van der Waals surface area contributed by atoms with Gasteiger partial charge in [0.1, 0.15) is 85.5 Å². The van der Waals surface area contributed by atoms with Crippen molar-refractivity contribution in [3.8, 4) is 0 Å². The second-order valence-electron chi connectivity index (χ2n) is 25.7. The van der Waals surface area contributed by atoms with Crippen molar-refractivity contribution in [2.75, 3.05) is 26.4 Å². The predicted octanol–water partition coefficient (Wildman–Crippen LogP) is -0.830. The average molecular weight is 1080 g/mol. The molecule has 28 unspecified atom stereocenters. The summed E-state index contributed by atoms with van der Waals surface area (Å²) in [6.45, 7) is 13.4.